The standard InChI is InChI=1S/C21H22N2O/c1-20(2,3)21(24,19-13-22-15-23-14-19)18-11-9-17(10-12-18)16-7-5-4-6-8-16/h4-15,24H,1-3H3. The first-order chi connectivity index (χ1) is 11.4. The number of aliphatic hydroxyl groups is 1. The molecule has 0 aliphatic heterocycles. The van der Waals surface area contributed by atoms with Crippen LogP contribution in [-0.4, -0.2) is 15.1 Å². The Morgan fingerprint density at radius 3 is 1.79 bits per heavy atom. The van der Waals surface area contributed by atoms with Gasteiger partial charge in [-0.05, 0) is 22.1 Å². The molecule has 0 saturated heterocycles. The van der Waals surface area contributed by atoms with E-state index in [1.165, 1.54) is 6.33 Å². The van der Waals surface area contributed by atoms with Gasteiger partial charge < -0.3 is 5.11 Å². The number of hydrogen-bond acceptors (Lipinski definition) is 3. The minimum atomic E-state index is -1.16. The van der Waals surface area contributed by atoms with Crippen molar-refractivity contribution in [2.45, 2.75) is 26.4 Å². The topological polar surface area (TPSA) is 46.0 Å². The van der Waals surface area contributed by atoms with Crippen LogP contribution in [-0.2, 0) is 5.60 Å². The van der Waals surface area contributed by atoms with Crippen molar-refractivity contribution in [3.63, 3.8) is 0 Å². The molecule has 1 N–H and O–H groups in total. The summed E-state index contributed by atoms with van der Waals surface area (Å²) >= 11 is 0. The fourth-order valence-corrected chi connectivity index (χ4v) is 3.05. The highest BCUT2D eigenvalue weighted by Crippen LogP contribution is 2.44. The molecular weight excluding hydrogens is 296 g/mol. The molecule has 3 rings (SSSR count). The number of rotatable bonds is 3. The molecule has 0 bridgehead atoms. The molecule has 0 amide bonds. The molecule has 122 valence electrons. The van der Waals surface area contributed by atoms with Gasteiger partial charge in [-0.1, -0.05) is 75.4 Å². The Morgan fingerprint density at radius 1 is 0.708 bits per heavy atom. The van der Waals surface area contributed by atoms with E-state index in [2.05, 4.69) is 22.1 Å². The minimum Gasteiger partial charge on any atom is -0.380 e. The number of aromatic nitrogens is 2. The van der Waals surface area contributed by atoms with Gasteiger partial charge in [0.15, 0.2) is 0 Å². The SMILES string of the molecule is CC(C)(C)C(O)(c1ccc(-c2ccccc2)cc1)c1cncnc1. The van der Waals surface area contributed by atoms with Crippen LogP contribution in [0.15, 0.2) is 73.3 Å². The van der Waals surface area contributed by atoms with E-state index in [0.717, 1.165) is 16.7 Å². The van der Waals surface area contributed by atoms with Crippen molar-refractivity contribution in [1.82, 2.24) is 9.97 Å². The van der Waals surface area contributed by atoms with Crippen LogP contribution in [0.25, 0.3) is 11.1 Å². The van der Waals surface area contributed by atoms with Gasteiger partial charge in [-0.2, -0.15) is 0 Å². The van der Waals surface area contributed by atoms with Crippen LogP contribution in [0.3, 0.4) is 0 Å². The predicted molar refractivity (Wildman–Crippen MR) is 96.4 cm³/mol. The summed E-state index contributed by atoms with van der Waals surface area (Å²) in [5, 5.41) is 11.6. The second-order valence-corrected chi connectivity index (χ2v) is 7.03. The van der Waals surface area contributed by atoms with Crippen molar-refractivity contribution in [2.75, 3.05) is 0 Å². The van der Waals surface area contributed by atoms with E-state index >= 15 is 0 Å². The lowest BCUT2D eigenvalue weighted by atomic mass is 9.69. The average Bonchev–Trinajstić information content (AvgIpc) is 2.62. The molecule has 2 aromatic carbocycles. The van der Waals surface area contributed by atoms with Gasteiger partial charge in [0.05, 0.1) is 0 Å². The van der Waals surface area contributed by atoms with Crippen LogP contribution in [0, 0.1) is 5.41 Å². The molecule has 0 spiro atoms. The third kappa shape index (κ3) is 2.83. The van der Waals surface area contributed by atoms with Crippen LogP contribution < -0.4 is 0 Å². The first kappa shape index (κ1) is 16.3. The third-order valence-electron chi connectivity index (χ3n) is 4.47. The maximum atomic E-state index is 11.6. The molecule has 1 unspecified atom stereocenters. The Balaban J connectivity index is 2.07. The highest BCUT2D eigenvalue weighted by Gasteiger charge is 2.43. The summed E-state index contributed by atoms with van der Waals surface area (Å²) in [4.78, 5) is 8.17. The molecule has 3 nitrogen and oxygen atoms in total. The Morgan fingerprint density at radius 2 is 1.25 bits per heavy atom. The van der Waals surface area contributed by atoms with Crippen molar-refractivity contribution in [3.8, 4) is 11.1 Å². The molecule has 1 aromatic heterocycles. The van der Waals surface area contributed by atoms with Gasteiger partial charge >= 0.3 is 0 Å². The number of benzene rings is 2. The molecule has 1 atom stereocenters. The quantitative estimate of drug-likeness (QED) is 0.777. The summed E-state index contributed by atoms with van der Waals surface area (Å²) in [5.74, 6) is 0. The molecule has 0 aliphatic carbocycles. The highest BCUT2D eigenvalue weighted by molar-refractivity contribution is 5.63. The van der Waals surface area contributed by atoms with Gasteiger partial charge in [-0.3, -0.25) is 0 Å². The van der Waals surface area contributed by atoms with Gasteiger partial charge in [0.25, 0.3) is 0 Å². The Bertz CT molecular complexity index is 793. The van der Waals surface area contributed by atoms with Crippen LogP contribution in [0.4, 0.5) is 0 Å². The Hall–Kier alpha value is -2.52. The van der Waals surface area contributed by atoms with E-state index in [1.54, 1.807) is 12.4 Å². The smallest absolute Gasteiger partial charge is 0.122 e. The van der Waals surface area contributed by atoms with E-state index in [1.807, 2.05) is 63.2 Å². The molecule has 3 aromatic rings. The van der Waals surface area contributed by atoms with Crippen LogP contribution in [0.1, 0.15) is 31.9 Å². The number of nitrogens with zero attached hydrogens (tertiary/aromatic N) is 2. The van der Waals surface area contributed by atoms with Crippen molar-refractivity contribution in [1.29, 1.82) is 0 Å². The summed E-state index contributed by atoms with van der Waals surface area (Å²) in [7, 11) is 0. The van der Waals surface area contributed by atoms with Crippen LogP contribution >= 0.6 is 0 Å². The van der Waals surface area contributed by atoms with E-state index in [4.69, 9.17) is 0 Å². The van der Waals surface area contributed by atoms with Gasteiger partial charge in [-0.25, -0.2) is 9.97 Å². The zero-order valence-corrected chi connectivity index (χ0v) is 14.3. The maximum absolute atomic E-state index is 11.6. The fraction of sp³-hybridized carbons (Fsp3) is 0.238. The molecule has 24 heavy (non-hydrogen) atoms. The van der Waals surface area contributed by atoms with Gasteiger partial charge in [0.1, 0.15) is 11.9 Å². The minimum absolute atomic E-state index is 0.411. The summed E-state index contributed by atoms with van der Waals surface area (Å²) in [6, 6.07) is 18.3. The first-order valence-electron chi connectivity index (χ1n) is 8.07. The van der Waals surface area contributed by atoms with E-state index in [-0.39, 0.29) is 0 Å². The first-order valence-corrected chi connectivity index (χ1v) is 8.07. The molecule has 0 saturated carbocycles. The molecule has 0 aliphatic rings. The van der Waals surface area contributed by atoms with Crippen molar-refractivity contribution in [2.24, 2.45) is 5.41 Å². The second kappa shape index (κ2) is 6.17. The molecule has 0 fully saturated rings. The molecule has 1 heterocycles. The summed E-state index contributed by atoms with van der Waals surface area (Å²) in [5.41, 5.74) is 2.25. The predicted octanol–water partition coefficient (Wildman–Crippen LogP) is 4.43. The van der Waals surface area contributed by atoms with Crippen molar-refractivity contribution >= 4 is 0 Å². The van der Waals surface area contributed by atoms with Crippen molar-refractivity contribution in [3.05, 3.63) is 84.4 Å². The Kier molecular flexibility index (Phi) is 4.20. The number of hydrogen-bond donors (Lipinski definition) is 1. The summed E-state index contributed by atoms with van der Waals surface area (Å²) < 4.78 is 0. The maximum Gasteiger partial charge on any atom is 0.122 e. The lowest BCUT2D eigenvalue weighted by Gasteiger charge is -2.40. The highest BCUT2D eigenvalue weighted by atomic mass is 16.3. The summed E-state index contributed by atoms with van der Waals surface area (Å²) in [6.07, 6.45) is 4.85. The lowest BCUT2D eigenvalue weighted by molar-refractivity contribution is -0.0264. The zero-order chi connectivity index (χ0) is 17.2. The second-order valence-electron chi connectivity index (χ2n) is 7.03. The van der Waals surface area contributed by atoms with E-state index < -0.39 is 11.0 Å². The van der Waals surface area contributed by atoms with Crippen LogP contribution in [0.2, 0.25) is 0 Å². The molecule has 0 radical (unpaired) electrons. The van der Waals surface area contributed by atoms with Crippen LogP contribution in [0.5, 0.6) is 0 Å². The third-order valence-corrected chi connectivity index (χ3v) is 4.47. The van der Waals surface area contributed by atoms with E-state index in [0.29, 0.717) is 5.56 Å². The zero-order valence-electron chi connectivity index (χ0n) is 14.3. The molecule has 3 heteroatoms. The summed E-state index contributed by atoms with van der Waals surface area (Å²) in [6.45, 7) is 6.06. The van der Waals surface area contributed by atoms with Gasteiger partial charge in [0.2, 0.25) is 0 Å². The Labute approximate surface area is 143 Å². The van der Waals surface area contributed by atoms with Gasteiger partial charge in [-0.15, -0.1) is 0 Å². The van der Waals surface area contributed by atoms with Gasteiger partial charge in [0, 0.05) is 18.0 Å². The molecular formula is C21H22N2O. The van der Waals surface area contributed by atoms with Crippen molar-refractivity contribution < 1.29 is 5.11 Å². The van der Waals surface area contributed by atoms with E-state index in [9.17, 15) is 5.11 Å². The lowest BCUT2D eigenvalue weighted by Crippen LogP contribution is -2.41. The fourth-order valence-electron chi connectivity index (χ4n) is 3.05. The average molecular weight is 318 g/mol. The largest absolute Gasteiger partial charge is 0.380 e. The normalized spacial score (nSPS) is 14.2. The monoisotopic (exact) mass is 318 g/mol.